The lowest BCUT2D eigenvalue weighted by Gasteiger charge is -2.23. The topological polar surface area (TPSA) is 66.6 Å². The van der Waals surface area contributed by atoms with Crippen molar-refractivity contribution in [3.05, 3.63) is 28.8 Å². The molecule has 3 N–H and O–H groups in total. The second kappa shape index (κ2) is 4.94. The summed E-state index contributed by atoms with van der Waals surface area (Å²) in [5.41, 5.74) is 6.59. The third kappa shape index (κ3) is 2.37. The molecule has 1 fully saturated rings. The zero-order chi connectivity index (χ0) is 12.4. The first kappa shape index (κ1) is 12.2. The van der Waals surface area contributed by atoms with E-state index in [9.17, 15) is 9.90 Å². The predicted molar refractivity (Wildman–Crippen MR) is 67.0 cm³/mol. The highest BCUT2D eigenvalue weighted by molar-refractivity contribution is 6.33. The second-order valence-electron chi connectivity index (χ2n) is 4.21. The molecule has 1 heterocycles. The van der Waals surface area contributed by atoms with Crippen LogP contribution < -0.4 is 5.73 Å². The largest absolute Gasteiger partial charge is 0.398 e. The molecular formula is C12H15ClN2O2. The lowest BCUT2D eigenvalue weighted by Crippen LogP contribution is -2.37. The van der Waals surface area contributed by atoms with Crippen molar-refractivity contribution in [3.8, 4) is 0 Å². The number of rotatable bonds is 2. The van der Waals surface area contributed by atoms with Crippen LogP contribution in [0.1, 0.15) is 23.2 Å². The van der Waals surface area contributed by atoms with Crippen molar-refractivity contribution < 1.29 is 9.90 Å². The molecule has 1 unspecified atom stereocenters. The number of anilines is 1. The summed E-state index contributed by atoms with van der Waals surface area (Å²) in [5.74, 6) is -0.0927. The first-order valence-corrected chi connectivity index (χ1v) is 5.98. The van der Waals surface area contributed by atoms with E-state index < -0.39 is 0 Å². The predicted octanol–water partition coefficient (Wildman–Crippen LogP) is 1.52. The highest BCUT2D eigenvalue weighted by atomic mass is 35.5. The summed E-state index contributed by atoms with van der Waals surface area (Å²) in [5, 5.41) is 9.64. The fourth-order valence-electron chi connectivity index (χ4n) is 2.14. The van der Waals surface area contributed by atoms with E-state index in [1.165, 1.54) is 0 Å². The maximum absolute atomic E-state index is 12.2. The molecule has 0 radical (unpaired) electrons. The molecule has 0 saturated carbocycles. The molecule has 0 aromatic heterocycles. The standard InChI is InChI=1S/C12H15ClN2O2/c13-10-4-3-8(6-11(10)14)12(17)15-5-1-2-9(15)7-16/h3-4,6,9,16H,1-2,5,7,14H2. The molecule has 17 heavy (non-hydrogen) atoms. The van der Waals surface area contributed by atoms with Crippen LogP contribution in [0, 0.1) is 0 Å². The van der Waals surface area contributed by atoms with Gasteiger partial charge in [-0.2, -0.15) is 0 Å². The molecule has 4 nitrogen and oxygen atoms in total. The summed E-state index contributed by atoms with van der Waals surface area (Å²) >= 11 is 5.81. The van der Waals surface area contributed by atoms with Gasteiger partial charge in [0.1, 0.15) is 0 Å². The first-order valence-electron chi connectivity index (χ1n) is 5.60. The van der Waals surface area contributed by atoms with Crippen molar-refractivity contribution in [2.75, 3.05) is 18.9 Å². The van der Waals surface area contributed by atoms with Crippen molar-refractivity contribution in [2.24, 2.45) is 0 Å². The molecule has 5 heteroatoms. The molecule has 1 aliphatic rings. The van der Waals surface area contributed by atoms with Gasteiger partial charge >= 0.3 is 0 Å². The van der Waals surface area contributed by atoms with Gasteiger partial charge in [0.05, 0.1) is 23.4 Å². The molecule has 0 bridgehead atoms. The average molecular weight is 255 g/mol. The lowest BCUT2D eigenvalue weighted by molar-refractivity contribution is 0.0677. The number of halogens is 1. The maximum Gasteiger partial charge on any atom is 0.254 e. The summed E-state index contributed by atoms with van der Waals surface area (Å²) in [7, 11) is 0. The van der Waals surface area contributed by atoms with Crippen LogP contribution >= 0.6 is 11.6 Å². The van der Waals surface area contributed by atoms with E-state index in [-0.39, 0.29) is 18.6 Å². The Labute approximate surface area is 105 Å². The van der Waals surface area contributed by atoms with Gasteiger partial charge < -0.3 is 15.7 Å². The van der Waals surface area contributed by atoms with E-state index in [0.717, 1.165) is 12.8 Å². The number of aliphatic hydroxyl groups is 1. The number of carbonyl (C=O) groups excluding carboxylic acids is 1. The van der Waals surface area contributed by atoms with E-state index >= 15 is 0 Å². The zero-order valence-corrected chi connectivity index (χ0v) is 10.2. The van der Waals surface area contributed by atoms with Crippen molar-refractivity contribution in [3.63, 3.8) is 0 Å². The third-order valence-electron chi connectivity index (χ3n) is 3.09. The smallest absolute Gasteiger partial charge is 0.254 e. The average Bonchev–Trinajstić information content (AvgIpc) is 2.80. The molecule has 1 aromatic carbocycles. The van der Waals surface area contributed by atoms with Gasteiger partial charge in [-0.25, -0.2) is 0 Å². The molecule has 1 amide bonds. The minimum Gasteiger partial charge on any atom is -0.398 e. The van der Waals surface area contributed by atoms with Crippen LogP contribution in [0.4, 0.5) is 5.69 Å². The highest BCUT2D eigenvalue weighted by Crippen LogP contribution is 2.23. The third-order valence-corrected chi connectivity index (χ3v) is 3.44. The van der Waals surface area contributed by atoms with Crippen molar-refractivity contribution in [1.29, 1.82) is 0 Å². The quantitative estimate of drug-likeness (QED) is 0.787. The van der Waals surface area contributed by atoms with Crippen LogP contribution in [0.3, 0.4) is 0 Å². The Balaban J connectivity index is 2.21. The van der Waals surface area contributed by atoms with Gasteiger partial charge in [0.15, 0.2) is 0 Å². The van der Waals surface area contributed by atoms with Gasteiger partial charge in [-0.15, -0.1) is 0 Å². The summed E-state index contributed by atoms with van der Waals surface area (Å²) < 4.78 is 0. The van der Waals surface area contributed by atoms with Crippen LogP contribution in [-0.2, 0) is 0 Å². The molecule has 92 valence electrons. The second-order valence-corrected chi connectivity index (χ2v) is 4.62. The van der Waals surface area contributed by atoms with Crippen LogP contribution in [0.5, 0.6) is 0 Å². The molecular weight excluding hydrogens is 240 g/mol. The SMILES string of the molecule is Nc1cc(C(=O)N2CCCC2CO)ccc1Cl. The first-order chi connectivity index (χ1) is 8.13. The van der Waals surface area contributed by atoms with Crippen LogP contribution in [0.25, 0.3) is 0 Å². The summed E-state index contributed by atoms with van der Waals surface area (Å²) in [6.07, 6.45) is 1.78. The number of nitrogen functional groups attached to an aromatic ring is 1. The number of benzene rings is 1. The normalized spacial score (nSPS) is 19.6. The minimum atomic E-state index is -0.0927. The molecule has 0 spiro atoms. The van der Waals surface area contributed by atoms with Crippen molar-refractivity contribution in [1.82, 2.24) is 4.90 Å². The number of nitrogens with zero attached hydrogens (tertiary/aromatic N) is 1. The van der Waals surface area contributed by atoms with Crippen LogP contribution in [0.15, 0.2) is 18.2 Å². The van der Waals surface area contributed by atoms with E-state index in [0.29, 0.717) is 22.8 Å². The Bertz CT molecular complexity index is 437. The van der Waals surface area contributed by atoms with Gasteiger partial charge in [-0.05, 0) is 31.0 Å². The van der Waals surface area contributed by atoms with E-state index in [1.54, 1.807) is 23.1 Å². The van der Waals surface area contributed by atoms with E-state index in [2.05, 4.69) is 0 Å². The highest BCUT2D eigenvalue weighted by Gasteiger charge is 2.28. The number of hydrogen-bond donors (Lipinski definition) is 2. The van der Waals surface area contributed by atoms with Crippen LogP contribution in [0.2, 0.25) is 5.02 Å². The summed E-state index contributed by atoms with van der Waals surface area (Å²) in [6, 6.07) is 4.79. The Morgan fingerprint density at radius 3 is 3.00 bits per heavy atom. The van der Waals surface area contributed by atoms with Crippen molar-refractivity contribution >= 4 is 23.2 Å². The summed E-state index contributed by atoms with van der Waals surface area (Å²) in [4.78, 5) is 13.9. The van der Waals surface area contributed by atoms with Gasteiger partial charge in [0, 0.05) is 12.1 Å². The molecule has 1 saturated heterocycles. The number of likely N-dealkylation sites (tertiary alicyclic amines) is 1. The molecule has 1 aliphatic heterocycles. The van der Waals surface area contributed by atoms with Gasteiger partial charge in [-0.1, -0.05) is 11.6 Å². The zero-order valence-electron chi connectivity index (χ0n) is 9.40. The molecule has 1 atom stereocenters. The fourth-order valence-corrected chi connectivity index (χ4v) is 2.25. The molecule has 2 rings (SSSR count). The number of carbonyl (C=O) groups is 1. The van der Waals surface area contributed by atoms with Gasteiger partial charge in [0.2, 0.25) is 0 Å². The van der Waals surface area contributed by atoms with E-state index in [1.807, 2.05) is 0 Å². The van der Waals surface area contributed by atoms with Crippen LogP contribution in [-0.4, -0.2) is 35.1 Å². The number of nitrogens with two attached hydrogens (primary N) is 1. The van der Waals surface area contributed by atoms with Gasteiger partial charge in [0.25, 0.3) is 5.91 Å². The van der Waals surface area contributed by atoms with Gasteiger partial charge in [-0.3, -0.25) is 4.79 Å². The number of aliphatic hydroxyl groups excluding tert-OH is 1. The monoisotopic (exact) mass is 254 g/mol. The maximum atomic E-state index is 12.2. The lowest BCUT2D eigenvalue weighted by atomic mass is 10.1. The number of amides is 1. The minimum absolute atomic E-state index is 0.00874. The fraction of sp³-hybridized carbons (Fsp3) is 0.417. The molecule has 1 aromatic rings. The molecule has 0 aliphatic carbocycles. The number of hydrogen-bond acceptors (Lipinski definition) is 3. The Hall–Kier alpha value is -1.26. The Morgan fingerprint density at radius 1 is 1.59 bits per heavy atom. The van der Waals surface area contributed by atoms with E-state index in [4.69, 9.17) is 17.3 Å². The Kier molecular flexibility index (Phi) is 3.54. The van der Waals surface area contributed by atoms with Crippen molar-refractivity contribution in [2.45, 2.75) is 18.9 Å². The Morgan fingerprint density at radius 2 is 2.35 bits per heavy atom. The summed E-state index contributed by atoms with van der Waals surface area (Å²) in [6.45, 7) is 0.696.